The zero-order valence-corrected chi connectivity index (χ0v) is 21.6. The lowest BCUT2D eigenvalue weighted by atomic mass is 9.77. The van der Waals surface area contributed by atoms with Crippen molar-refractivity contribution < 1.29 is 13.7 Å². The van der Waals surface area contributed by atoms with Gasteiger partial charge in [-0.15, -0.1) is 0 Å². The smallest absolute Gasteiger partial charge is 0.200 e. The van der Waals surface area contributed by atoms with E-state index < -0.39 is 0 Å². The summed E-state index contributed by atoms with van der Waals surface area (Å²) in [5.74, 6) is 0. The van der Waals surface area contributed by atoms with Gasteiger partial charge in [-0.3, -0.25) is 0 Å². The first kappa shape index (κ1) is 22.9. The molecular formula is C32H34N3+3. The second-order valence-electron chi connectivity index (χ2n) is 10.0. The topological polar surface area (TPSA) is 11.6 Å². The second kappa shape index (κ2) is 8.74. The zero-order valence-electron chi connectivity index (χ0n) is 21.6. The minimum absolute atomic E-state index is 0.193. The van der Waals surface area contributed by atoms with Gasteiger partial charge < -0.3 is 0 Å². The Balaban J connectivity index is 1.69. The summed E-state index contributed by atoms with van der Waals surface area (Å²) in [6, 6.07) is 30.6. The monoisotopic (exact) mass is 460 g/mol. The van der Waals surface area contributed by atoms with Gasteiger partial charge in [0.15, 0.2) is 18.1 Å². The van der Waals surface area contributed by atoms with Crippen molar-refractivity contribution in [2.45, 2.75) is 26.2 Å². The molecule has 2 aromatic carbocycles. The van der Waals surface area contributed by atoms with Gasteiger partial charge in [0, 0.05) is 30.3 Å². The zero-order chi connectivity index (χ0) is 24.7. The number of hydrogen-bond donors (Lipinski definition) is 0. The number of nitrogens with zero attached hydrogens (tertiary/aromatic N) is 3. The molecule has 35 heavy (non-hydrogen) atoms. The van der Waals surface area contributed by atoms with Gasteiger partial charge in [0.05, 0.1) is 16.4 Å². The fraction of sp³-hybridized carbons (Fsp3) is 0.219. The third kappa shape index (κ3) is 3.81. The quantitative estimate of drug-likeness (QED) is 0.323. The van der Waals surface area contributed by atoms with Crippen molar-refractivity contribution in [3.63, 3.8) is 0 Å². The number of aromatic nitrogens is 3. The molecule has 3 aromatic heterocycles. The van der Waals surface area contributed by atoms with Crippen LogP contribution in [0.15, 0.2) is 97.3 Å². The molecule has 0 aliphatic heterocycles. The standard InChI is InChI=1S/C32H34N3/c1-23-25(31-26-14-8-7-13-24(26)20-22-34(31)5)15-11-16-27(23)32(2,3)30-19-12-18-29(35(30)6)28-17-9-10-21-33(28)4/h7-22H,1-6H3/q+3. The van der Waals surface area contributed by atoms with Gasteiger partial charge in [-0.1, -0.05) is 30.3 Å². The summed E-state index contributed by atoms with van der Waals surface area (Å²) >= 11 is 0. The van der Waals surface area contributed by atoms with Crippen LogP contribution in [0.5, 0.6) is 0 Å². The molecule has 0 fully saturated rings. The van der Waals surface area contributed by atoms with Crippen LogP contribution in [-0.2, 0) is 26.6 Å². The summed E-state index contributed by atoms with van der Waals surface area (Å²) < 4.78 is 6.77. The molecule has 0 amide bonds. The Morgan fingerprint density at radius 2 is 1.34 bits per heavy atom. The molecule has 0 bridgehead atoms. The number of fused-ring (bicyclic) bond motifs is 1. The third-order valence-electron chi connectivity index (χ3n) is 7.50. The van der Waals surface area contributed by atoms with Gasteiger partial charge in [0.2, 0.25) is 5.69 Å². The summed E-state index contributed by atoms with van der Waals surface area (Å²) in [4.78, 5) is 0. The molecule has 3 nitrogen and oxygen atoms in total. The van der Waals surface area contributed by atoms with Gasteiger partial charge >= 0.3 is 0 Å². The second-order valence-corrected chi connectivity index (χ2v) is 10.0. The molecule has 0 aliphatic carbocycles. The maximum atomic E-state index is 2.35. The van der Waals surface area contributed by atoms with Crippen molar-refractivity contribution in [2.24, 2.45) is 21.1 Å². The van der Waals surface area contributed by atoms with Crippen LogP contribution in [0.3, 0.4) is 0 Å². The first-order valence-corrected chi connectivity index (χ1v) is 12.2. The van der Waals surface area contributed by atoms with Crippen LogP contribution in [0.25, 0.3) is 33.4 Å². The predicted molar refractivity (Wildman–Crippen MR) is 142 cm³/mol. The maximum absolute atomic E-state index is 2.35. The highest BCUT2D eigenvalue weighted by Crippen LogP contribution is 2.37. The molecule has 5 rings (SSSR count). The molecule has 0 radical (unpaired) electrons. The van der Waals surface area contributed by atoms with Gasteiger partial charge in [0.25, 0.3) is 11.4 Å². The van der Waals surface area contributed by atoms with Gasteiger partial charge in [-0.25, -0.2) is 4.57 Å². The van der Waals surface area contributed by atoms with Gasteiger partial charge in [-0.05, 0) is 61.5 Å². The van der Waals surface area contributed by atoms with Crippen molar-refractivity contribution in [1.29, 1.82) is 0 Å². The van der Waals surface area contributed by atoms with E-state index in [1.165, 1.54) is 50.2 Å². The minimum atomic E-state index is -0.193. The van der Waals surface area contributed by atoms with E-state index in [1.54, 1.807) is 0 Å². The SMILES string of the molecule is Cc1c(-c2c3ccccc3cc[n+]2C)cccc1C(C)(C)c1cccc(-c2cccc[n+]2C)[n+]1C. The van der Waals surface area contributed by atoms with Gasteiger partial charge in [-0.2, -0.15) is 9.13 Å². The Hall–Kier alpha value is -3.85. The molecule has 0 N–H and O–H groups in total. The van der Waals surface area contributed by atoms with Crippen molar-refractivity contribution in [3.05, 3.63) is 114 Å². The predicted octanol–water partition coefficient (Wildman–Crippen LogP) is 5.28. The Morgan fingerprint density at radius 1 is 0.629 bits per heavy atom. The molecule has 0 saturated heterocycles. The largest absolute Gasteiger partial charge is 0.277 e. The summed E-state index contributed by atoms with van der Waals surface area (Å²) in [5.41, 5.74) is 8.68. The molecular weight excluding hydrogens is 426 g/mol. The van der Waals surface area contributed by atoms with Crippen molar-refractivity contribution in [1.82, 2.24) is 0 Å². The maximum Gasteiger partial charge on any atom is 0.277 e. The van der Waals surface area contributed by atoms with Crippen LogP contribution >= 0.6 is 0 Å². The number of pyridine rings is 3. The van der Waals surface area contributed by atoms with E-state index >= 15 is 0 Å². The first-order chi connectivity index (χ1) is 16.8. The molecule has 3 heteroatoms. The molecule has 5 aromatic rings. The van der Waals surface area contributed by atoms with E-state index in [0.29, 0.717) is 0 Å². The highest BCUT2D eigenvalue weighted by molar-refractivity contribution is 5.93. The summed E-state index contributed by atoms with van der Waals surface area (Å²) in [6.07, 6.45) is 4.27. The normalized spacial score (nSPS) is 11.7. The Labute approximate surface area is 208 Å². The molecule has 3 heterocycles. The number of benzene rings is 2. The van der Waals surface area contributed by atoms with Crippen LogP contribution in [0.4, 0.5) is 0 Å². The van der Waals surface area contributed by atoms with Crippen LogP contribution in [-0.4, -0.2) is 0 Å². The number of aryl methyl sites for hydroxylation is 2. The molecule has 174 valence electrons. The lowest BCUT2D eigenvalue weighted by Gasteiger charge is -2.26. The molecule has 0 spiro atoms. The molecule has 0 atom stereocenters. The highest BCUT2D eigenvalue weighted by Gasteiger charge is 2.36. The molecule has 0 aliphatic rings. The fourth-order valence-corrected chi connectivity index (χ4v) is 5.61. The molecule has 0 unspecified atom stereocenters. The van der Waals surface area contributed by atoms with Crippen molar-refractivity contribution in [3.8, 4) is 22.6 Å². The van der Waals surface area contributed by atoms with Crippen molar-refractivity contribution in [2.75, 3.05) is 0 Å². The van der Waals surface area contributed by atoms with Crippen molar-refractivity contribution >= 4 is 10.8 Å². The van der Waals surface area contributed by atoms with Crippen LogP contribution in [0, 0.1) is 6.92 Å². The summed E-state index contributed by atoms with van der Waals surface area (Å²) in [7, 11) is 6.43. The number of rotatable bonds is 4. The fourth-order valence-electron chi connectivity index (χ4n) is 5.61. The lowest BCUT2D eigenvalue weighted by molar-refractivity contribution is -0.695. The van der Waals surface area contributed by atoms with Crippen LogP contribution in [0.2, 0.25) is 0 Å². The Kier molecular flexibility index (Phi) is 5.72. The minimum Gasteiger partial charge on any atom is -0.200 e. The Morgan fingerprint density at radius 3 is 2.14 bits per heavy atom. The Bertz CT molecular complexity index is 1560. The molecule has 0 saturated carbocycles. The average molecular weight is 461 g/mol. The van der Waals surface area contributed by atoms with E-state index in [4.69, 9.17) is 0 Å². The van der Waals surface area contributed by atoms with Crippen LogP contribution in [0.1, 0.15) is 30.7 Å². The first-order valence-electron chi connectivity index (χ1n) is 12.2. The average Bonchev–Trinajstić information content (AvgIpc) is 2.85. The van der Waals surface area contributed by atoms with Crippen LogP contribution < -0.4 is 13.7 Å². The highest BCUT2D eigenvalue weighted by atomic mass is 15.0. The van der Waals surface area contributed by atoms with E-state index in [1.807, 2.05) is 0 Å². The summed E-state index contributed by atoms with van der Waals surface area (Å²) in [5, 5.41) is 2.54. The van der Waals surface area contributed by atoms with E-state index in [0.717, 1.165) is 0 Å². The third-order valence-corrected chi connectivity index (χ3v) is 7.50. The summed E-state index contributed by atoms with van der Waals surface area (Å²) in [6.45, 7) is 6.95. The van der Waals surface area contributed by atoms with E-state index in [2.05, 4.69) is 153 Å². The van der Waals surface area contributed by atoms with E-state index in [9.17, 15) is 0 Å². The number of hydrogen-bond acceptors (Lipinski definition) is 0. The van der Waals surface area contributed by atoms with E-state index in [-0.39, 0.29) is 5.41 Å². The van der Waals surface area contributed by atoms with Gasteiger partial charge in [0.1, 0.15) is 21.1 Å². The lowest BCUT2D eigenvalue weighted by Crippen LogP contribution is -2.45.